The molecule has 0 aliphatic carbocycles. The van der Waals surface area contributed by atoms with Crippen LogP contribution >= 0.6 is 11.8 Å². The number of aromatic amines is 1. The zero-order valence-corrected chi connectivity index (χ0v) is 19.1. The molecule has 8 heteroatoms. The number of imidazole rings is 1. The zero-order chi connectivity index (χ0) is 23.3. The number of ether oxygens (including phenoxy) is 1. The second-order valence-electron chi connectivity index (χ2n) is 7.40. The van der Waals surface area contributed by atoms with Gasteiger partial charge in [0, 0.05) is 11.3 Å². The Morgan fingerprint density at radius 1 is 0.941 bits per heavy atom. The number of thioether (sulfide) groups is 1. The summed E-state index contributed by atoms with van der Waals surface area (Å²) in [5, 5.41) is 13.8. The van der Waals surface area contributed by atoms with Gasteiger partial charge in [-0.2, -0.15) is 5.26 Å². The van der Waals surface area contributed by atoms with Gasteiger partial charge in [0.15, 0.2) is 11.0 Å². The van der Waals surface area contributed by atoms with E-state index in [1.54, 1.807) is 7.11 Å². The lowest BCUT2D eigenvalue weighted by atomic mass is 10.1. The van der Waals surface area contributed by atoms with E-state index in [1.807, 2.05) is 78.9 Å². The second-order valence-corrected chi connectivity index (χ2v) is 8.34. The van der Waals surface area contributed by atoms with Crippen LogP contribution in [0.5, 0.6) is 5.75 Å². The molecule has 7 nitrogen and oxygen atoms in total. The van der Waals surface area contributed by atoms with Gasteiger partial charge in [0.2, 0.25) is 0 Å². The van der Waals surface area contributed by atoms with Crippen LogP contribution in [0.25, 0.3) is 22.3 Å². The quantitative estimate of drug-likeness (QED) is 0.227. The molecule has 166 valence electrons. The highest BCUT2D eigenvalue weighted by Crippen LogP contribution is 2.32. The summed E-state index contributed by atoms with van der Waals surface area (Å²) in [6.07, 6.45) is 0. The fourth-order valence-corrected chi connectivity index (χ4v) is 4.24. The number of para-hydroxylation sites is 3. The summed E-state index contributed by atoms with van der Waals surface area (Å²) in [4.78, 5) is 17.4. The number of rotatable bonds is 7. The highest BCUT2D eigenvalue weighted by Gasteiger charge is 2.17. The Labute approximate surface area is 200 Å². The Morgan fingerprint density at radius 2 is 1.71 bits per heavy atom. The van der Waals surface area contributed by atoms with Crippen molar-refractivity contribution in [1.82, 2.24) is 19.9 Å². The lowest BCUT2D eigenvalue weighted by molar-refractivity contribution is 0.415. The minimum Gasteiger partial charge on any atom is -0.497 e. The second kappa shape index (κ2) is 9.65. The van der Waals surface area contributed by atoms with Gasteiger partial charge in [0.05, 0.1) is 29.6 Å². The number of hydrogen-bond acceptors (Lipinski definition) is 7. The van der Waals surface area contributed by atoms with E-state index in [1.165, 1.54) is 11.8 Å². The van der Waals surface area contributed by atoms with Crippen LogP contribution in [0, 0.1) is 11.3 Å². The maximum absolute atomic E-state index is 10.0. The number of nitrogens with one attached hydrogen (secondary N) is 2. The van der Waals surface area contributed by atoms with Gasteiger partial charge in [-0.25, -0.2) is 15.0 Å². The smallest absolute Gasteiger partial charge is 0.190 e. The Balaban J connectivity index is 1.52. The van der Waals surface area contributed by atoms with Gasteiger partial charge in [0.25, 0.3) is 0 Å². The summed E-state index contributed by atoms with van der Waals surface area (Å²) in [6.45, 7) is 0. The van der Waals surface area contributed by atoms with Crippen molar-refractivity contribution in [1.29, 1.82) is 5.26 Å². The molecule has 5 rings (SSSR count). The van der Waals surface area contributed by atoms with E-state index in [0.717, 1.165) is 33.9 Å². The first kappa shape index (κ1) is 21.5. The van der Waals surface area contributed by atoms with Crippen molar-refractivity contribution in [3.05, 3.63) is 90.3 Å². The molecule has 0 aliphatic rings. The topological polar surface area (TPSA) is 99.5 Å². The molecule has 0 amide bonds. The van der Waals surface area contributed by atoms with Crippen molar-refractivity contribution >= 4 is 34.3 Å². The van der Waals surface area contributed by atoms with E-state index in [-0.39, 0.29) is 0 Å². The van der Waals surface area contributed by atoms with Crippen LogP contribution < -0.4 is 10.1 Å². The third-order valence-corrected chi connectivity index (χ3v) is 6.04. The minimum atomic E-state index is 0.377. The number of aromatic nitrogens is 4. The molecule has 3 aromatic carbocycles. The highest BCUT2D eigenvalue weighted by molar-refractivity contribution is 7.98. The molecule has 0 fully saturated rings. The first-order valence-electron chi connectivity index (χ1n) is 10.6. The largest absolute Gasteiger partial charge is 0.497 e. The van der Waals surface area contributed by atoms with Crippen LogP contribution in [0.2, 0.25) is 0 Å². The fraction of sp³-hybridized carbons (Fsp3) is 0.0769. The van der Waals surface area contributed by atoms with E-state index in [2.05, 4.69) is 26.3 Å². The number of anilines is 2. The SMILES string of the molecule is COc1ccc(-c2nc(SCc3nc4ccccc4[nH]3)nc(Nc3ccccc3)c2C#N)cc1. The van der Waals surface area contributed by atoms with Crippen LogP contribution in [0.1, 0.15) is 11.4 Å². The first-order valence-corrected chi connectivity index (χ1v) is 11.6. The lowest BCUT2D eigenvalue weighted by Gasteiger charge is -2.13. The molecule has 0 atom stereocenters. The lowest BCUT2D eigenvalue weighted by Crippen LogP contribution is -2.03. The van der Waals surface area contributed by atoms with E-state index in [9.17, 15) is 5.26 Å². The van der Waals surface area contributed by atoms with Crippen LogP contribution in [0.4, 0.5) is 11.5 Å². The predicted octanol–water partition coefficient (Wildman–Crippen LogP) is 5.94. The highest BCUT2D eigenvalue weighted by atomic mass is 32.2. The molecule has 0 unspecified atom stereocenters. The minimum absolute atomic E-state index is 0.377. The Morgan fingerprint density at radius 3 is 2.44 bits per heavy atom. The monoisotopic (exact) mass is 464 g/mol. The Kier molecular flexibility index (Phi) is 6.10. The average molecular weight is 465 g/mol. The number of H-pyrrole nitrogens is 1. The van der Waals surface area contributed by atoms with Gasteiger partial charge >= 0.3 is 0 Å². The molecule has 5 aromatic rings. The summed E-state index contributed by atoms with van der Waals surface area (Å²) in [6, 6.07) is 27.3. The van der Waals surface area contributed by atoms with E-state index in [0.29, 0.717) is 28.0 Å². The number of methoxy groups -OCH3 is 1. The van der Waals surface area contributed by atoms with Crippen LogP contribution in [0.15, 0.2) is 84.0 Å². The van der Waals surface area contributed by atoms with Crippen LogP contribution in [0.3, 0.4) is 0 Å². The molecule has 34 heavy (non-hydrogen) atoms. The summed E-state index contributed by atoms with van der Waals surface area (Å²) < 4.78 is 5.28. The normalized spacial score (nSPS) is 10.7. The van der Waals surface area contributed by atoms with Crippen LogP contribution in [-0.4, -0.2) is 27.0 Å². The fourth-order valence-electron chi connectivity index (χ4n) is 3.52. The van der Waals surface area contributed by atoms with Crippen molar-refractivity contribution in [2.24, 2.45) is 0 Å². The van der Waals surface area contributed by atoms with Gasteiger partial charge in [-0.15, -0.1) is 0 Å². The number of fused-ring (bicyclic) bond motifs is 1. The third-order valence-electron chi connectivity index (χ3n) is 5.18. The van der Waals surface area contributed by atoms with Crippen molar-refractivity contribution in [3.8, 4) is 23.1 Å². The third kappa shape index (κ3) is 4.56. The van der Waals surface area contributed by atoms with Gasteiger partial charge in [-0.05, 0) is 48.5 Å². The molecule has 0 saturated carbocycles. The summed E-state index contributed by atoms with van der Waals surface area (Å²) >= 11 is 1.46. The number of nitriles is 1. The van der Waals surface area contributed by atoms with E-state index < -0.39 is 0 Å². The molecular weight excluding hydrogens is 444 g/mol. The Bertz CT molecular complexity index is 1440. The molecule has 2 heterocycles. The van der Waals surface area contributed by atoms with Gasteiger partial charge < -0.3 is 15.0 Å². The maximum Gasteiger partial charge on any atom is 0.190 e. The summed E-state index contributed by atoms with van der Waals surface area (Å²) in [5.41, 5.74) is 4.49. The van der Waals surface area contributed by atoms with Crippen molar-refractivity contribution in [2.75, 3.05) is 12.4 Å². The molecule has 2 N–H and O–H groups in total. The molecular formula is C26H20N6OS. The number of benzene rings is 3. The summed E-state index contributed by atoms with van der Waals surface area (Å²) in [7, 11) is 1.62. The predicted molar refractivity (Wildman–Crippen MR) is 134 cm³/mol. The first-order chi connectivity index (χ1) is 16.7. The standard InChI is InChI=1S/C26H20N6OS/c1-33-19-13-11-17(12-14-19)24-20(15-27)25(28-18-7-3-2-4-8-18)32-26(31-24)34-16-23-29-21-9-5-6-10-22(21)30-23/h2-14H,16H2,1H3,(H,29,30)(H,28,31,32). The molecule has 0 aliphatic heterocycles. The van der Waals surface area contributed by atoms with Crippen molar-refractivity contribution < 1.29 is 4.74 Å². The van der Waals surface area contributed by atoms with E-state index >= 15 is 0 Å². The maximum atomic E-state index is 10.0. The molecule has 0 saturated heterocycles. The van der Waals surface area contributed by atoms with E-state index in [4.69, 9.17) is 9.72 Å². The zero-order valence-electron chi connectivity index (χ0n) is 18.3. The average Bonchev–Trinajstić information content (AvgIpc) is 3.31. The number of nitrogens with zero attached hydrogens (tertiary/aromatic N) is 4. The Hall–Kier alpha value is -4.35. The number of hydrogen-bond donors (Lipinski definition) is 2. The van der Waals surface area contributed by atoms with Gasteiger partial charge in [-0.3, -0.25) is 0 Å². The van der Waals surface area contributed by atoms with Crippen molar-refractivity contribution in [2.45, 2.75) is 10.9 Å². The molecule has 0 bridgehead atoms. The molecule has 0 radical (unpaired) electrons. The van der Waals surface area contributed by atoms with Gasteiger partial charge in [-0.1, -0.05) is 42.1 Å². The van der Waals surface area contributed by atoms with Gasteiger partial charge in [0.1, 0.15) is 23.2 Å². The molecule has 0 spiro atoms. The van der Waals surface area contributed by atoms with Crippen LogP contribution in [-0.2, 0) is 5.75 Å². The van der Waals surface area contributed by atoms with Crippen molar-refractivity contribution in [3.63, 3.8) is 0 Å². The summed E-state index contributed by atoms with van der Waals surface area (Å²) in [5.74, 6) is 2.59. The molecule has 2 aromatic heterocycles.